The van der Waals surface area contributed by atoms with Gasteiger partial charge in [0.05, 0.1) is 6.20 Å². The van der Waals surface area contributed by atoms with Crippen LogP contribution in [0.4, 0.5) is 0 Å². The summed E-state index contributed by atoms with van der Waals surface area (Å²) in [6.07, 6.45) is 5.62. The van der Waals surface area contributed by atoms with Crippen LogP contribution in [0.1, 0.15) is 31.4 Å². The third kappa shape index (κ3) is 2.37. The van der Waals surface area contributed by atoms with Gasteiger partial charge >= 0.3 is 0 Å². The fraction of sp³-hybridized carbons (Fsp3) is 0.556. The van der Waals surface area contributed by atoms with Gasteiger partial charge in [-0.05, 0) is 12.8 Å². The second kappa shape index (κ2) is 4.16. The van der Waals surface area contributed by atoms with Gasteiger partial charge in [-0.1, -0.05) is 13.8 Å². The lowest BCUT2D eigenvalue weighted by Crippen LogP contribution is -1.80. The monoisotopic (exact) mass is 152 g/mol. The molecule has 1 radical (unpaired) electrons. The SMILES string of the molecule is [CH2]CCc1ncc(CCC)o1. The van der Waals surface area contributed by atoms with Crippen molar-refractivity contribution in [3.8, 4) is 0 Å². The Balaban J connectivity index is 2.51. The van der Waals surface area contributed by atoms with Crippen molar-refractivity contribution >= 4 is 0 Å². The van der Waals surface area contributed by atoms with E-state index in [1.165, 1.54) is 0 Å². The topological polar surface area (TPSA) is 26.0 Å². The summed E-state index contributed by atoms with van der Waals surface area (Å²) in [5.74, 6) is 1.82. The summed E-state index contributed by atoms with van der Waals surface area (Å²) < 4.78 is 5.41. The molecule has 0 aliphatic heterocycles. The average molecular weight is 152 g/mol. The Labute approximate surface area is 67.6 Å². The maximum absolute atomic E-state index is 5.41. The molecule has 0 saturated carbocycles. The molecule has 0 atom stereocenters. The van der Waals surface area contributed by atoms with Crippen LogP contribution in [0.3, 0.4) is 0 Å². The van der Waals surface area contributed by atoms with Crippen molar-refractivity contribution in [3.05, 3.63) is 24.8 Å². The molecule has 1 heterocycles. The largest absolute Gasteiger partial charge is 0.446 e. The van der Waals surface area contributed by atoms with E-state index in [1.54, 1.807) is 0 Å². The number of aromatic nitrogens is 1. The number of aryl methyl sites for hydroxylation is 2. The van der Waals surface area contributed by atoms with Crippen LogP contribution in [-0.2, 0) is 12.8 Å². The van der Waals surface area contributed by atoms with Crippen LogP contribution in [0.5, 0.6) is 0 Å². The van der Waals surface area contributed by atoms with Crippen molar-refractivity contribution < 1.29 is 4.42 Å². The van der Waals surface area contributed by atoms with E-state index >= 15 is 0 Å². The van der Waals surface area contributed by atoms with Gasteiger partial charge in [0.15, 0.2) is 5.89 Å². The molecule has 0 unspecified atom stereocenters. The third-order valence-corrected chi connectivity index (χ3v) is 1.49. The first-order chi connectivity index (χ1) is 5.36. The first-order valence-electron chi connectivity index (χ1n) is 4.09. The molecule has 2 heteroatoms. The van der Waals surface area contributed by atoms with E-state index in [1.807, 2.05) is 6.20 Å². The van der Waals surface area contributed by atoms with E-state index in [0.29, 0.717) is 0 Å². The highest BCUT2D eigenvalue weighted by atomic mass is 16.4. The summed E-state index contributed by atoms with van der Waals surface area (Å²) in [6.45, 7) is 5.86. The molecule has 1 aromatic heterocycles. The summed E-state index contributed by atoms with van der Waals surface area (Å²) in [6, 6.07) is 0. The minimum Gasteiger partial charge on any atom is -0.446 e. The summed E-state index contributed by atoms with van der Waals surface area (Å²) in [7, 11) is 0. The fourth-order valence-corrected chi connectivity index (χ4v) is 0.977. The molecule has 0 amide bonds. The first kappa shape index (κ1) is 8.31. The molecule has 0 saturated heterocycles. The van der Waals surface area contributed by atoms with Gasteiger partial charge in [-0.2, -0.15) is 0 Å². The van der Waals surface area contributed by atoms with Gasteiger partial charge in [0.25, 0.3) is 0 Å². The highest BCUT2D eigenvalue weighted by Gasteiger charge is 2.00. The number of rotatable bonds is 4. The van der Waals surface area contributed by atoms with Gasteiger partial charge < -0.3 is 4.42 Å². The number of nitrogens with zero attached hydrogens (tertiary/aromatic N) is 1. The second-order valence-corrected chi connectivity index (χ2v) is 2.57. The molecule has 0 N–H and O–H groups in total. The van der Waals surface area contributed by atoms with Crippen LogP contribution < -0.4 is 0 Å². The highest BCUT2D eigenvalue weighted by Crippen LogP contribution is 2.07. The first-order valence-corrected chi connectivity index (χ1v) is 4.09. The summed E-state index contributed by atoms with van der Waals surface area (Å²) in [5.41, 5.74) is 0. The van der Waals surface area contributed by atoms with Gasteiger partial charge in [0.2, 0.25) is 0 Å². The minimum atomic E-state index is 0.823. The lowest BCUT2D eigenvalue weighted by atomic mass is 10.3. The quantitative estimate of drug-likeness (QED) is 0.662. The zero-order chi connectivity index (χ0) is 8.10. The Morgan fingerprint density at radius 3 is 3.00 bits per heavy atom. The van der Waals surface area contributed by atoms with E-state index in [0.717, 1.165) is 37.3 Å². The molecule has 61 valence electrons. The zero-order valence-electron chi connectivity index (χ0n) is 6.97. The zero-order valence-corrected chi connectivity index (χ0v) is 6.97. The molecule has 1 aromatic rings. The Hall–Kier alpha value is -0.790. The molecule has 0 spiro atoms. The normalized spacial score (nSPS) is 10.4. The Kier molecular flexibility index (Phi) is 3.14. The van der Waals surface area contributed by atoms with Crippen molar-refractivity contribution in [2.24, 2.45) is 0 Å². The number of oxazole rings is 1. The molecular weight excluding hydrogens is 138 g/mol. The van der Waals surface area contributed by atoms with Crippen molar-refractivity contribution in [2.75, 3.05) is 0 Å². The summed E-state index contributed by atoms with van der Waals surface area (Å²) >= 11 is 0. The van der Waals surface area contributed by atoms with Crippen molar-refractivity contribution in [1.29, 1.82) is 0 Å². The Morgan fingerprint density at radius 2 is 2.36 bits per heavy atom. The second-order valence-electron chi connectivity index (χ2n) is 2.57. The molecule has 2 nitrogen and oxygen atoms in total. The van der Waals surface area contributed by atoms with Crippen LogP contribution in [0.15, 0.2) is 10.6 Å². The van der Waals surface area contributed by atoms with Crippen LogP contribution in [0.2, 0.25) is 0 Å². The fourth-order valence-electron chi connectivity index (χ4n) is 0.977. The molecular formula is C9H14NO. The van der Waals surface area contributed by atoms with Crippen LogP contribution in [0, 0.1) is 6.92 Å². The molecule has 0 fully saturated rings. The smallest absolute Gasteiger partial charge is 0.194 e. The van der Waals surface area contributed by atoms with E-state index < -0.39 is 0 Å². The lowest BCUT2D eigenvalue weighted by molar-refractivity contribution is 0.453. The number of hydrogen-bond acceptors (Lipinski definition) is 2. The maximum atomic E-state index is 5.41. The maximum Gasteiger partial charge on any atom is 0.194 e. The average Bonchev–Trinajstić information content (AvgIpc) is 2.38. The van der Waals surface area contributed by atoms with Crippen LogP contribution in [0.25, 0.3) is 0 Å². The number of hydrogen-bond donors (Lipinski definition) is 0. The minimum absolute atomic E-state index is 0.823. The lowest BCUT2D eigenvalue weighted by Gasteiger charge is -1.89. The molecule has 0 bridgehead atoms. The molecule has 1 rings (SSSR count). The van der Waals surface area contributed by atoms with Crippen LogP contribution >= 0.6 is 0 Å². The summed E-state index contributed by atoms with van der Waals surface area (Å²) in [4.78, 5) is 4.12. The highest BCUT2D eigenvalue weighted by molar-refractivity contribution is 4.94. The third-order valence-electron chi connectivity index (χ3n) is 1.49. The molecule has 0 aromatic carbocycles. The van der Waals surface area contributed by atoms with Crippen LogP contribution in [-0.4, -0.2) is 4.98 Å². The van der Waals surface area contributed by atoms with E-state index in [2.05, 4.69) is 18.8 Å². The molecule has 0 aliphatic rings. The van der Waals surface area contributed by atoms with E-state index in [9.17, 15) is 0 Å². The van der Waals surface area contributed by atoms with Gasteiger partial charge in [0.1, 0.15) is 5.76 Å². The van der Waals surface area contributed by atoms with Gasteiger partial charge in [-0.3, -0.25) is 0 Å². The van der Waals surface area contributed by atoms with E-state index in [-0.39, 0.29) is 0 Å². The standard InChI is InChI=1S/C9H14NO/c1-3-5-8-7-10-9(11-8)6-4-2/h7H,2-6H2,1H3. The van der Waals surface area contributed by atoms with Crippen molar-refractivity contribution in [1.82, 2.24) is 4.98 Å². The predicted molar refractivity (Wildman–Crippen MR) is 44.2 cm³/mol. The van der Waals surface area contributed by atoms with Crippen molar-refractivity contribution in [2.45, 2.75) is 32.6 Å². The Morgan fingerprint density at radius 1 is 1.55 bits per heavy atom. The molecule has 0 aliphatic carbocycles. The molecule has 11 heavy (non-hydrogen) atoms. The Bertz CT molecular complexity index is 185. The van der Waals surface area contributed by atoms with Gasteiger partial charge in [-0.15, -0.1) is 0 Å². The van der Waals surface area contributed by atoms with E-state index in [4.69, 9.17) is 4.42 Å². The van der Waals surface area contributed by atoms with Gasteiger partial charge in [-0.25, -0.2) is 4.98 Å². The predicted octanol–water partition coefficient (Wildman–Crippen LogP) is 2.39. The summed E-state index contributed by atoms with van der Waals surface area (Å²) in [5, 5.41) is 0. The van der Waals surface area contributed by atoms with Gasteiger partial charge in [0, 0.05) is 12.8 Å². The van der Waals surface area contributed by atoms with Crippen molar-refractivity contribution in [3.63, 3.8) is 0 Å².